The number of carbonyl (C=O) groups is 2. The molecule has 2 amide bonds. The van der Waals surface area contributed by atoms with Gasteiger partial charge < -0.3 is 14.6 Å². The number of para-hydroxylation sites is 1. The minimum absolute atomic E-state index is 0.0748. The average Bonchev–Trinajstić information content (AvgIpc) is 3.43. The van der Waals surface area contributed by atoms with E-state index >= 15 is 0 Å². The number of fused-ring (bicyclic) bond motifs is 1. The molecule has 0 spiro atoms. The second kappa shape index (κ2) is 8.51. The van der Waals surface area contributed by atoms with E-state index in [1.165, 1.54) is 10.6 Å². The highest BCUT2D eigenvalue weighted by atomic mass is 32.2. The fraction of sp³-hybridized carbons (Fsp3) is 0.429. The molecule has 3 heterocycles. The molecule has 1 aromatic heterocycles. The number of likely N-dealkylation sites (tertiary alicyclic amines) is 1. The first kappa shape index (κ1) is 20.5. The zero-order valence-corrected chi connectivity index (χ0v) is 17.4. The van der Waals surface area contributed by atoms with E-state index in [2.05, 4.69) is 5.32 Å². The van der Waals surface area contributed by atoms with Crippen LogP contribution in [0.15, 0.2) is 47.1 Å². The van der Waals surface area contributed by atoms with E-state index in [9.17, 15) is 18.0 Å². The van der Waals surface area contributed by atoms with Gasteiger partial charge >= 0.3 is 0 Å². The van der Waals surface area contributed by atoms with Crippen molar-refractivity contribution < 1.29 is 22.4 Å². The highest BCUT2D eigenvalue weighted by molar-refractivity contribution is 7.92. The molecule has 0 atom stereocenters. The summed E-state index contributed by atoms with van der Waals surface area (Å²) in [6.07, 6.45) is 3.26. The van der Waals surface area contributed by atoms with Gasteiger partial charge in [-0.15, -0.1) is 0 Å². The molecular formula is C21H25N3O5S. The van der Waals surface area contributed by atoms with Crippen molar-refractivity contribution in [3.63, 3.8) is 0 Å². The predicted molar refractivity (Wildman–Crippen MR) is 112 cm³/mol. The molecule has 2 aromatic rings. The van der Waals surface area contributed by atoms with Crippen LogP contribution in [0.1, 0.15) is 29.0 Å². The minimum atomic E-state index is -3.49. The van der Waals surface area contributed by atoms with Crippen molar-refractivity contribution in [2.24, 2.45) is 5.92 Å². The van der Waals surface area contributed by atoms with E-state index in [0.29, 0.717) is 44.7 Å². The van der Waals surface area contributed by atoms with E-state index in [1.54, 1.807) is 17.0 Å². The highest BCUT2D eigenvalue weighted by Crippen LogP contribution is 2.29. The van der Waals surface area contributed by atoms with Crippen molar-refractivity contribution in [3.8, 4) is 0 Å². The summed E-state index contributed by atoms with van der Waals surface area (Å²) in [6, 6.07) is 10.8. The number of rotatable bonds is 6. The maximum Gasteiger partial charge on any atom is 0.289 e. The molecule has 2 aliphatic heterocycles. The van der Waals surface area contributed by atoms with Gasteiger partial charge in [0.2, 0.25) is 15.9 Å². The van der Waals surface area contributed by atoms with Crippen LogP contribution >= 0.6 is 0 Å². The van der Waals surface area contributed by atoms with Crippen LogP contribution in [0.5, 0.6) is 0 Å². The van der Waals surface area contributed by atoms with E-state index in [4.69, 9.17) is 4.42 Å². The lowest BCUT2D eigenvalue weighted by molar-refractivity contribution is -0.126. The van der Waals surface area contributed by atoms with E-state index in [0.717, 1.165) is 11.3 Å². The van der Waals surface area contributed by atoms with Gasteiger partial charge in [-0.3, -0.25) is 13.9 Å². The Morgan fingerprint density at radius 1 is 1.07 bits per heavy atom. The monoisotopic (exact) mass is 431 g/mol. The van der Waals surface area contributed by atoms with Crippen LogP contribution in [0.4, 0.5) is 5.69 Å². The summed E-state index contributed by atoms with van der Waals surface area (Å²) in [5.74, 6) is -0.386. The van der Waals surface area contributed by atoms with Crippen LogP contribution in [0.3, 0.4) is 0 Å². The zero-order valence-electron chi connectivity index (χ0n) is 16.6. The quantitative estimate of drug-likeness (QED) is 0.750. The van der Waals surface area contributed by atoms with Crippen LogP contribution in [0.25, 0.3) is 0 Å². The topological polar surface area (TPSA) is 99.9 Å². The maximum atomic E-state index is 12.7. The number of nitrogens with one attached hydrogen (secondary N) is 1. The van der Waals surface area contributed by atoms with Gasteiger partial charge in [-0.05, 0) is 43.0 Å². The Hall–Kier alpha value is -2.81. The standard InChI is InChI=1S/C21H25N3O5S/c25-20(17-7-11-23(12-8-17)21(26)19-6-3-14-29-19)22-10-15-30(27,28)24-13-9-16-4-1-2-5-18(16)24/h1-6,14,17H,7-13,15H2,(H,22,25). The van der Waals surface area contributed by atoms with Gasteiger partial charge in [0.15, 0.2) is 5.76 Å². The lowest BCUT2D eigenvalue weighted by Crippen LogP contribution is -2.44. The first-order valence-corrected chi connectivity index (χ1v) is 11.8. The minimum Gasteiger partial charge on any atom is -0.459 e. The van der Waals surface area contributed by atoms with Crippen LogP contribution in [0.2, 0.25) is 0 Å². The van der Waals surface area contributed by atoms with E-state index in [1.807, 2.05) is 24.3 Å². The summed E-state index contributed by atoms with van der Waals surface area (Å²) in [4.78, 5) is 26.4. The number of hydrogen-bond acceptors (Lipinski definition) is 5. The lowest BCUT2D eigenvalue weighted by Gasteiger charge is -2.30. The van der Waals surface area contributed by atoms with Crippen molar-refractivity contribution in [1.29, 1.82) is 0 Å². The molecule has 9 heteroatoms. The molecular weight excluding hydrogens is 406 g/mol. The van der Waals surface area contributed by atoms with Crippen LogP contribution < -0.4 is 9.62 Å². The summed E-state index contributed by atoms with van der Waals surface area (Å²) in [5, 5.41) is 2.76. The van der Waals surface area contributed by atoms with Gasteiger partial charge in [0.1, 0.15) is 0 Å². The molecule has 0 bridgehead atoms. The number of anilines is 1. The summed E-state index contributed by atoms with van der Waals surface area (Å²) in [7, 11) is -3.49. The second-order valence-electron chi connectivity index (χ2n) is 7.60. The number of nitrogens with zero attached hydrogens (tertiary/aromatic N) is 2. The van der Waals surface area contributed by atoms with Crippen molar-refractivity contribution >= 4 is 27.5 Å². The van der Waals surface area contributed by atoms with Gasteiger partial charge in [-0.25, -0.2) is 8.42 Å². The lowest BCUT2D eigenvalue weighted by atomic mass is 9.96. The molecule has 4 rings (SSSR count). The molecule has 1 saturated heterocycles. The van der Waals surface area contributed by atoms with Gasteiger partial charge in [-0.1, -0.05) is 18.2 Å². The average molecular weight is 432 g/mol. The summed E-state index contributed by atoms with van der Waals surface area (Å²) < 4.78 is 32.0. The van der Waals surface area contributed by atoms with Gasteiger partial charge in [0.25, 0.3) is 5.91 Å². The fourth-order valence-corrected chi connectivity index (χ4v) is 5.48. The Kier molecular flexibility index (Phi) is 5.80. The molecule has 0 unspecified atom stereocenters. The Bertz CT molecular complexity index is 1010. The van der Waals surface area contributed by atoms with Crippen LogP contribution in [0, 0.1) is 5.92 Å². The van der Waals surface area contributed by atoms with Gasteiger partial charge in [0, 0.05) is 32.1 Å². The summed E-state index contributed by atoms with van der Waals surface area (Å²) in [5.41, 5.74) is 1.76. The second-order valence-corrected chi connectivity index (χ2v) is 9.61. The Morgan fingerprint density at radius 3 is 2.57 bits per heavy atom. The normalized spacial score (nSPS) is 17.1. The third-order valence-electron chi connectivity index (χ3n) is 5.72. The van der Waals surface area contributed by atoms with Crippen molar-refractivity contribution in [3.05, 3.63) is 54.0 Å². The van der Waals surface area contributed by atoms with Gasteiger partial charge in [0.05, 0.1) is 17.7 Å². The predicted octanol–water partition coefficient (Wildman–Crippen LogP) is 1.64. The van der Waals surface area contributed by atoms with E-state index < -0.39 is 10.0 Å². The number of carbonyl (C=O) groups excluding carboxylic acids is 2. The number of furan rings is 1. The van der Waals surface area contributed by atoms with Crippen LogP contribution in [-0.4, -0.2) is 57.1 Å². The molecule has 1 aromatic carbocycles. The molecule has 0 aliphatic carbocycles. The Morgan fingerprint density at radius 2 is 1.83 bits per heavy atom. The number of piperidine rings is 1. The van der Waals surface area contributed by atoms with E-state index in [-0.39, 0.29) is 30.0 Å². The molecule has 1 N–H and O–H groups in total. The fourth-order valence-electron chi connectivity index (χ4n) is 4.06. The third-order valence-corrected chi connectivity index (χ3v) is 7.50. The highest BCUT2D eigenvalue weighted by Gasteiger charge is 2.31. The smallest absolute Gasteiger partial charge is 0.289 e. The molecule has 2 aliphatic rings. The van der Waals surface area contributed by atoms with Crippen molar-refractivity contribution in [2.45, 2.75) is 19.3 Å². The molecule has 8 nitrogen and oxygen atoms in total. The summed E-state index contributed by atoms with van der Waals surface area (Å²) >= 11 is 0. The third kappa shape index (κ3) is 4.21. The molecule has 1 fully saturated rings. The van der Waals surface area contributed by atoms with Gasteiger partial charge in [-0.2, -0.15) is 0 Å². The first-order chi connectivity index (χ1) is 14.5. The zero-order chi connectivity index (χ0) is 21.1. The molecule has 30 heavy (non-hydrogen) atoms. The molecule has 160 valence electrons. The Balaban J connectivity index is 1.24. The Labute approximate surface area is 175 Å². The van der Waals surface area contributed by atoms with Crippen molar-refractivity contribution in [2.75, 3.05) is 36.2 Å². The van der Waals surface area contributed by atoms with Crippen molar-refractivity contribution in [1.82, 2.24) is 10.2 Å². The number of benzene rings is 1. The number of amides is 2. The maximum absolute atomic E-state index is 12.7. The SMILES string of the molecule is O=C(NCCS(=O)(=O)N1CCc2ccccc21)C1CCN(C(=O)c2ccco2)CC1. The van der Waals surface area contributed by atoms with Crippen LogP contribution in [-0.2, 0) is 21.2 Å². The molecule has 0 radical (unpaired) electrons. The largest absolute Gasteiger partial charge is 0.459 e. The summed E-state index contributed by atoms with van der Waals surface area (Å²) in [6.45, 7) is 1.46. The number of hydrogen-bond donors (Lipinski definition) is 1. The number of sulfonamides is 1. The molecule has 0 saturated carbocycles. The first-order valence-electron chi connectivity index (χ1n) is 10.1.